The van der Waals surface area contributed by atoms with E-state index in [2.05, 4.69) is 4.72 Å². The molecule has 0 radical (unpaired) electrons. The van der Waals surface area contributed by atoms with Crippen LogP contribution < -0.4 is 29.4 Å². The van der Waals surface area contributed by atoms with Crippen molar-refractivity contribution in [3.05, 3.63) is 35.9 Å². The molecule has 0 unspecified atom stereocenters. The minimum atomic E-state index is -3.72. The molecule has 150 valence electrons. The molecule has 28 heavy (non-hydrogen) atoms. The molecule has 2 aromatic carbocycles. The summed E-state index contributed by atoms with van der Waals surface area (Å²) in [4.78, 5) is 0.0643. The first-order chi connectivity index (χ1) is 12.9. The topological polar surface area (TPSA) is 109 Å². The Kier molecular flexibility index (Phi) is 9.38. The van der Waals surface area contributed by atoms with Crippen LogP contribution in [0.1, 0.15) is 5.56 Å². The van der Waals surface area contributed by atoms with E-state index < -0.39 is 10.0 Å². The van der Waals surface area contributed by atoms with E-state index in [1.807, 2.05) is 0 Å². The van der Waals surface area contributed by atoms with Crippen LogP contribution in [0, 0.1) is 0 Å². The molecular formula is C18H25N2NaO6S. The van der Waals surface area contributed by atoms with Crippen molar-refractivity contribution in [3.8, 4) is 23.0 Å². The Balaban J connectivity index is 0.00000392. The first-order valence-electron chi connectivity index (χ1n) is 8.08. The Hall–Kier alpha value is -1.65. The summed E-state index contributed by atoms with van der Waals surface area (Å²) >= 11 is 0. The van der Waals surface area contributed by atoms with Gasteiger partial charge >= 0.3 is 29.6 Å². The molecule has 0 atom stereocenters. The second-order valence-corrected chi connectivity index (χ2v) is 7.33. The molecule has 0 aliphatic carbocycles. The second kappa shape index (κ2) is 10.8. The average molecular weight is 420 g/mol. The standard InChI is InChI=1S/C18H24N2O6S.Na.H/c1-23-12-9-17(25-3)14(18(10-12)26-4)7-8-20-27(21,22)13-5-6-16(24-2)15(19)11-13;;/h5-6,9-11,20H,7-8,19H2,1-4H3;;. The first-order valence-corrected chi connectivity index (χ1v) is 9.56. The molecule has 0 fully saturated rings. The van der Waals surface area contributed by atoms with E-state index in [4.69, 9.17) is 24.7 Å². The number of benzene rings is 2. The van der Waals surface area contributed by atoms with Crippen molar-refractivity contribution in [1.29, 1.82) is 0 Å². The summed E-state index contributed by atoms with van der Waals surface area (Å²) in [7, 11) is 2.35. The number of nitrogens with two attached hydrogens (primary N) is 1. The number of methoxy groups -OCH3 is 4. The van der Waals surface area contributed by atoms with Crippen molar-refractivity contribution in [2.75, 3.05) is 40.7 Å². The van der Waals surface area contributed by atoms with E-state index in [-0.39, 0.29) is 46.7 Å². The predicted molar refractivity (Wildman–Crippen MR) is 110 cm³/mol. The molecule has 3 N–H and O–H groups in total. The van der Waals surface area contributed by atoms with E-state index in [0.717, 1.165) is 5.56 Å². The van der Waals surface area contributed by atoms with Gasteiger partial charge in [0.2, 0.25) is 10.0 Å². The molecule has 0 aliphatic rings. The third-order valence-corrected chi connectivity index (χ3v) is 5.45. The van der Waals surface area contributed by atoms with Gasteiger partial charge < -0.3 is 24.7 Å². The summed E-state index contributed by atoms with van der Waals surface area (Å²) in [5, 5.41) is 0. The summed E-state index contributed by atoms with van der Waals surface area (Å²) in [6.07, 6.45) is 0.362. The number of rotatable bonds is 9. The van der Waals surface area contributed by atoms with Crippen LogP contribution in [0.25, 0.3) is 0 Å². The molecule has 0 spiro atoms. The normalized spacial score (nSPS) is 10.7. The number of nitrogen functional groups attached to an aromatic ring is 1. The van der Waals surface area contributed by atoms with Gasteiger partial charge in [-0.25, -0.2) is 13.1 Å². The zero-order chi connectivity index (χ0) is 20.0. The first kappa shape index (κ1) is 24.4. The minimum absolute atomic E-state index is 0. The molecule has 0 bridgehead atoms. The van der Waals surface area contributed by atoms with Crippen LogP contribution in [0.15, 0.2) is 35.2 Å². The van der Waals surface area contributed by atoms with Crippen molar-refractivity contribution < 1.29 is 27.4 Å². The Morgan fingerprint density at radius 3 is 1.93 bits per heavy atom. The predicted octanol–water partition coefficient (Wildman–Crippen LogP) is 1.18. The fourth-order valence-corrected chi connectivity index (χ4v) is 3.66. The molecule has 0 aliphatic heterocycles. The van der Waals surface area contributed by atoms with Gasteiger partial charge in [0, 0.05) is 24.2 Å². The van der Waals surface area contributed by atoms with Crippen molar-refractivity contribution in [2.24, 2.45) is 0 Å². The molecule has 10 heteroatoms. The third-order valence-electron chi connectivity index (χ3n) is 4.00. The van der Waals surface area contributed by atoms with Crippen LogP contribution in [0.4, 0.5) is 5.69 Å². The molecule has 8 nitrogen and oxygen atoms in total. The fraction of sp³-hybridized carbons (Fsp3) is 0.333. The fourth-order valence-electron chi connectivity index (χ4n) is 2.60. The molecule has 2 aromatic rings. The maximum atomic E-state index is 12.5. The van der Waals surface area contributed by atoms with E-state index in [1.54, 1.807) is 19.2 Å². The number of anilines is 1. The maximum absolute atomic E-state index is 12.5. The Morgan fingerprint density at radius 1 is 0.893 bits per heavy atom. The quantitative estimate of drug-likeness (QED) is 0.463. The van der Waals surface area contributed by atoms with Gasteiger partial charge in [0.25, 0.3) is 0 Å². The number of hydrogen-bond donors (Lipinski definition) is 2. The third kappa shape index (κ3) is 5.68. The van der Waals surface area contributed by atoms with Gasteiger partial charge in [0.15, 0.2) is 0 Å². The number of sulfonamides is 1. The van der Waals surface area contributed by atoms with Crippen molar-refractivity contribution in [3.63, 3.8) is 0 Å². The van der Waals surface area contributed by atoms with Crippen LogP contribution in [0.2, 0.25) is 0 Å². The Labute approximate surface area is 187 Å². The molecular weight excluding hydrogens is 395 g/mol. The molecule has 0 saturated heterocycles. The zero-order valence-electron chi connectivity index (χ0n) is 15.7. The van der Waals surface area contributed by atoms with Crippen LogP contribution in [0.5, 0.6) is 23.0 Å². The van der Waals surface area contributed by atoms with Crippen molar-refractivity contribution in [1.82, 2.24) is 4.72 Å². The molecule has 0 heterocycles. The van der Waals surface area contributed by atoms with Crippen LogP contribution in [-0.4, -0.2) is 73.0 Å². The van der Waals surface area contributed by atoms with Crippen LogP contribution in [0.3, 0.4) is 0 Å². The number of hydrogen-bond acceptors (Lipinski definition) is 7. The molecule has 2 rings (SSSR count). The van der Waals surface area contributed by atoms with Gasteiger partial charge in [-0.15, -0.1) is 0 Å². The summed E-state index contributed by atoms with van der Waals surface area (Å²) in [5.74, 6) is 2.11. The van der Waals surface area contributed by atoms with Gasteiger partial charge in [-0.1, -0.05) is 0 Å². The van der Waals surface area contributed by atoms with Crippen LogP contribution >= 0.6 is 0 Å². The molecule has 0 amide bonds. The monoisotopic (exact) mass is 420 g/mol. The van der Waals surface area contributed by atoms with E-state index in [0.29, 0.717) is 29.4 Å². The number of nitrogens with one attached hydrogen (secondary N) is 1. The number of ether oxygens (including phenoxy) is 4. The second-order valence-electron chi connectivity index (χ2n) is 5.56. The van der Waals surface area contributed by atoms with Gasteiger partial charge in [-0.2, -0.15) is 0 Å². The van der Waals surface area contributed by atoms with Gasteiger partial charge in [-0.3, -0.25) is 0 Å². The average Bonchev–Trinajstić information content (AvgIpc) is 2.67. The Morgan fingerprint density at radius 2 is 1.46 bits per heavy atom. The zero-order valence-corrected chi connectivity index (χ0v) is 16.6. The van der Waals surface area contributed by atoms with E-state index in [1.165, 1.54) is 39.5 Å². The van der Waals surface area contributed by atoms with Crippen molar-refractivity contribution in [2.45, 2.75) is 11.3 Å². The van der Waals surface area contributed by atoms with E-state index >= 15 is 0 Å². The van der Waals surface area contributed by atoms with Crippen LogP contribution in [-0.2, 0) is 16.4 Å². The molecule has 0 aromatic heterocycles. The summed E-state index contributed by atoms with van der Waals surface area (Å²) in [5.41, 5.74) is 6.77. The Bertz CT molecular complexity index is 880. The molecule has 0 saturated carbocycles. The van der Waals surface area contributed by atoms with Gasteiger partial charge in [-0.05, 0) is 24.6 Å². The van der Waals surface area contributed by atoms with E-state index in [9.17, 15) is 8.42 Å². The summed E-state index contributed by atoms with van der Waals surface area (Å²) < 4.78 is 48.5. The van der Waals surface area contributed by atoms with Gasteiger partial charge in [0.1, 0.15) is 23.0 Å². The van der Waals surface area contributed by atoms with Gasteiger partial charge in [0.05, 0.1) is 39.0 Å². The summed E-state index contributed by atoms with van der Waals surface area (Å²) in [6.45, 7) is 0.146. The van der Waals surface area contributed by atoms with Crippen molar-refractivity contribution >= 4 is 45.3 Å². The summed E-state index contributed by atoms with van der Waals surface area (Å²) in [6, 6.07) is 7.74. The SMILES string of the molecule is COc1cc(OC)c(CCNS(=O)(=O)c2ccc(OC)c(N)c2)c(OC)c1.[NaH].